The van der Waals surface area contributed by atoms with E-state index in [0.717, 1.165) is 25.6 Å². The maximum Gasteiger partial charge on any atom is 0.255 e. The first kappa shape index (κ1) is 21.1. The van der Waals surface area contributed by atoms with Crippen molar-refractivity contribution in [2.75, 3.05) is 29.6 Å². The molecule has 2 aromatic rings. The number of nitrogens with zero attached hydrogens (tertiary/aromatic N) is 2. The van der Waals surface area contributed by atoms with Crippen molar-refractivity contribution >= 4 is 44.8 Å². The highest BCUT2D eigenvalue weighted by Crippen LogP contribution is 2.24. The van der Waals surface area contributed by atoms with Crippen molar-refractivity contribution in [3.63, 3.8) is 0 Å². The van der Waals surface area contributed by atoms with Crippen LogP contribution in [0, 0.1) is 5.92 Å². The Bertz CT molecular complexity index is 1040. The van der Waals surface area contributed by atoms with Crippen LogP contribution in [-0.4, -0.2) is 44.6 Å². The van der Waals surface area contributed by atoms with E-state index in [1.807, 2.05) is 4.90 Å². The first-order valence-corrected chi connectivity index (χ1v) is 11.2. The van der Waals surface area contributed by atoms with Crippen LogP contribution in [0.5, 0.6) is 0 Å². The van der Waals surface area contributed by atoms with E-state index in [1.165, 1.54) is 24.4 Å². The van der Waals surface area contributed by atoms with Gasteiger partial charge in [-0.2, -0.15) is 0 Å². The van der Waals surface area contributed by atoms with Crippen molar-refractivity contribution in [3.05, 3.63) is 47.1 Å². The third-order valence-corrected chi connectivity index (χ3v) is 6.32. The molecular weight excluding hydrogens is 416 g/mol. The van der Waals surface area contributed by atoms with E-state index >= 15 is 0 Å². The predicted molar refractivity (Wildman–Crippen MR) is 111 cm³/mol. The summed E-state index contributed by atoms with van der Waals surface area (Å²) in [6.45, 7) is 1.30. The largest absolute Gasteiger partial charge is 0.369 e. The van der Waals surface area contributed by atoms with Crippen LogP contribution in [-0.2, 0) is 14.6 Å². The molecule has 0 radical (unpaired) electrons. The monoisotopic (exact) mass is 436 g/mol. The number of sulfone groups is 1. The lowest BCUT2D eigenvalue weighted by Crippen LogP contribution is -2.41. The highest BCUT2D eigenvalue weighted by atomic mass is 35.5. The summed E-state index contributed by atoms with van der Waals surface area (Å²) in [7, 11) is -3.55. The van der Waals surface area contributed by atoms with Gasteiger partial charge in [-0.3, -0.25) is 9.59 Å². The molecule has 1 saturated heterocycles. The fourth-order valence-corrected chi connectivity index (χ4v) is 4.50. The van der Waals surface area contributed by atoms with E-state index < -0.39 is 15.7 Å². The SMILES string of the molecule is CS(=O)(=O)c1cc(C(=O)Nc2ccc(N3CCCC(C(N)=O)C3)nc2)ccc1Cl. The molecule has 0 aliphatic carbocycles. The van der Waals surface area contributed by atoms with Gasteiger partial charge in [0.15, 0.2) is 9.84 Å². The molecule has 0 saturated carbocycles. The molecule has 1 aliphatic rings. The summed E-state index contributed by atoms with van der Waals surface area (Å²) in [4.78, 5) is 30.1. The molecular formula is C19H21ClN4O4S. The first-order valence-electron chi connectivity index (χ1n) is 8.96. The summed E-state index contributed by atoms with van der Waals surface area (Å²) in [5.41, 5.74) is 6.03. The zero-order valence-corrected chi connectivity index (χ0v) is 17.3. The van der Waals surface area contributed by atoms with E-state index in [9.17, 15) is 18.0 Å². The fourth-order valence-electron chi connectivity index (χ4n) is 3.20. The highest BCUT2D eigenvalue weighted by molar-refractivity contribution is 7.90. The molecule has 0 spiro atoms. The Hall–Kier alpha value is -2.65. The van der Waals surface area contributed by atoms with Crippen molar-refractivity contribution < 1.29 is 18.0 Å². The quantitative estimate of drug-likeness (QED) is 0.739. The molecule has 10 heteroatoms. The Balaban J connectivity index is 1.72. The Morgan fingerprint density at radius 1 is 1.28 bits per heavy atom. The zero-order chi connectivity index (χ0) is 21.2. The van der Waals surface area contributed by atoms with E-state index in [2.05, 4.69) is 10.3 Å². The summed E-state index contributed by atoms with van der Waals surface area (Å²) in [5.74, 6) is -0.290. The summed E-state index contributed by atoms with van der Waals surface area (Å²) < 4.78 is 23.6. The maximum absolute atomic E-state index is 12.5. The summed E-state index contributed by atoms with van der Waals surface area (Å²) in [5, 5.41) is 2.74. The number of carbonyl (C=O) groups is 2. The number of nitrogens with one attached hydrogen (secondary N) is 1. The number of amides is 2. The average molecular weight is 437 g/mol. The fraction of sp³-hybridized carbons (Fsp3) is 0.316. The van der Waals surface area contributed by atoms with Crippen LogP contribution < -0.4 is 16.0 Å². The van der Waals surface area contributed by atoms with Gasteiger partial charge in [0.2, 0.25) is 5.91 Å². The second-order valence-electron chi connectivity index (χ2n) is 6.96. The molecule has 2 heterocycles. The van der Waals surface area contributed by atoms with Gasteiger partial charge in [0.05, 0.1) is 27.7 Å². The van der Waals surface area contributed by atoms with Gasteiger partial charge in [-0.25, -0.2) is 13.4 Å². The molecule has 1 aliphatic heterocycles. The normalized spacial score (nSPS) is 17.0. The van der Waals surface area contributed by atoms with Gasteiger partial charge in [0, 0.05) is 24.9 Å². The molecule has 3 rings (SSSR count). The van der Waals surface area contributed by atoms with Crippen LogP contribution in [0.4, 0.5) is 11.5 Å². The second-order valence-corrected chi connectivity index (χ2v) is 9.36. The van der Waals surface area contributed by atoms with E-state index in [1.54, 1.807) is 12.1 Å². The topological polar surface area (TPSA) is 122 Å². The zero-order valence-electron chi connectivity index (χ0n) is 15.8. The lowest BCUT2D eigenvalue weighted by atomic mass is 9.97. The number of anilines is 2. The molecule has 1 aromatic heterocycles. The Morgan fingerprint density at radius 2 is 2.03 bits per heavy atom. The van der Waals surface area contributed by atoms with Crippen molar-refractivity contribution in [2.24, 2.45) is 11.7 Å². The summed E-state index contributed by atoms with van der Waals surface area (Å²) in [6.07, 6.45) is 4.17. The first-order chi connectivity index (χ1) is 13.6. The molecule has 1 atom stereocenters. The molecule has 1 unspecified atom stereocenters. The number of halogens is 1. The number of hydrogen-bond donors (Lipinski definition) is 2. The average Bonchev–Trinajstić information content (AvgIpc) is 2.68. The third kappa shape index (κ3) is 5.04. The number of pyridine rings is 1. The lowest BCUT2D eigenvalue weighted by molar-refractivity contribution is -0.122. The molecule has 8 nitrogen and oxygen atoms in total. The second kappa shape index (κ2) is 8.38. The Labute approximate surface area is 174 Å². The molecule has 29 heavy (non-hydrogen) atoms. The summed E-state index contributed by atoms with van der Waals surface area (Å²) >= 11 is 5.91. The van der Waals surface area contributed by atoms with Crippen LogP contribution in [0.15, 0.2) is 41.4 Å². The van der Waals surface area contributed by atoms with Gasteiger partial charge < -0.3 is 16.0 Å². The number of carbonyl (C=O) groups excluding carboxylic acids is 2. The summed E-state index contributed by atoms with van der Waals surface area (Å²) in [6, 6.07) is 7.52. The molecule has 3 N–H and O–H groups in total. The number of primary amides is 1. The molecule has 1 aromatic carbocycles. The molecule has 1 fully saturated rings. The Morgan fingerprint density at radius 3 is 2.66 bits per heavy atom. The minimum atomic E-state index is -3.55. The highest BCUT2D eigenvalue weighted by Gasteiger charge is 2.24. The number of benzene rings is 1. The predicted octanol–water partition coefficient (Wildman–Crippen LogP) is 2.09. The van der Waals surface area contributed by atoms with Crippen LogP contribution >= 0.6 is 11.6 Å². The van der Waals surface area contributed by atoms with Crippen LogP contribution in [0.25, 0.3) is 0 Å². The standard InChI is InChI=1S/C19H21ClN4O4S/c1-29(27,28)16-9-12(4-6-15(16)20)19(26)23-14-5-7-17(22-10-14)24-8-2-3-13(11-24)18(21)25/h4-7,9-10,13H,2-3,8,11H2,1H3,(H2,21,25)(H,23,26). The van der Waals surface area contributed by atoms with Crippen LogP contribution in [0.1, 0.15) is 23.2 Å². The van der Waals surface area contributed by atoms with Crippen molar-refractivity contribution in [1.29, 1.82) is 0 Å². The van der Waals surface area contributed by atoms with Gasteiger partial charge in [-0.1, -0.05) is 11.6 Å². The van der Waals surface area contributed by atoms with Gasteiger partial charge >= 0.3 is 0 Å². The number of rotatable bonds is 5. The van der Waals surface area contributed by atoms with Gasteiger partial charge in [0.1, 0.15) is 5.82 Å². The molecule has 0 bridgehead atoms. The van der Waals surface area contributed by atoms with Crippen molar-refractivity contribution in [3.8, 4) is 0 Å². The van der Waals surface area contributed by atoms with E-state index in [4.69, 9.17) is 17.3 Å². The van der Waals surface area contributed by atoms with Gasteiger partial charge in [-0.05, 0) is 43.2 Å². The maximum atomic E-state index is 12.5. The van der Waals surface area contributed by atoms with Gasteiger partial charge in [0.25, 0.3) is 5.91 Å². The number of nitrogens with two attached hydrogens (primary N) is 1. The number of piperidine rings is 1. The molecule has 154 valence electrons. The van der Waals surface area contributed by atoms with E-state index in [-0.39, 0.29) is 27.3 Å². The van der Waals surface area contributed by atoms with Crippen molar-refractivity contribution in [1.82, 2.24) is 4.98 Å². The van der Waals surface area contributed by atoms with Crippen LogP contribution in [0.3, 0.4) is 0 Å². The van der Waals surface area contributed by atoms with E-state index in [0.29, 0.717) is 18.1 Å². The van der Waals surface area contributed by atoms with Crippen molar-refractivity contribution in [2.45, 2.75) is 17.7 Å². The minimum Gasteiger partial charge on any atom is -0.369 e. The number of aromatic nitrogens is 1. The van der Waals surface area contributed by atoms with Crippen LogP contribution in [0.2, 0.25) is 5.02 Å². The minimum absolute atomic E-state index is 0.0610. The third-order valence-electron chi connectivity index (χ3n) is 4.75. The Kier molecular flexibility index (Phi) is 6.09. The van der Waals surface area contributed by atoms with Gasteiger partial charge in [-0.15, -0.1) is 0 Å². The number of hydrogen-bond acceptors (Lipinski definition) is 6. The smallest absolute Gasteiger partial charge is 0.255 e. The molecule has 2 amide bonds. The lowest BCUT2D eigenvalue weighted by Gasteiger charge is -2.32.